The van der Waals surface area contributed by atoms with Crippen LogP contribution in [-0.4, -0.2) is 26.6 Å². The fourth-order valence-corrected chi connectivity index (χ4v) is 4.27. The molecule has 0 aromatic heterocycles. The summed E-state index contributed by atoms with van der Waals surface area (Å²) in [5, 5.41) is 2.93. The number of hydrogen-bond donors (Lipinski definition) is 1. The molecular formula is C21H28N2O3S. The first-order valence-electron chi connectivity index (χ1n) is 9.02. The van der Waals surface area contributed by atoms with E-state index in [-0.39, 0.29) is 5.91 Å². The van der Waals surface area contributed by atoms with Gasteiger partial charge in [0, 0.05) is 5.69 Å². The van der Waals surface area contributed by atoms with E-state index in [1.165, 1.54) is 4.31 Å². The minimum absolute atomic E-state index is 0.359. The lowest BCUT2D eigenvalue weighted by molar-refractivity contribution is -0.116. The van der Waals surface area contributed by atoms with Crippen LogP contribution < -0.4 is 9.62 Å². The first kappa shape index (κ1) is 21.0. The summed E-state index contributed by atoms with van der Waals surface area (Å²) in [4.78, 5) is 12.9. The number of nitrogens with one attached hydrogen (secondary N) is 1. The molecule has 0 radical (unpaired) electrons. The number of nitrogens with zero attached hydrogens (tertiary/aromatic N) is 1. The van der Waals surface area contributed by atoms with E-state index in [1.807, 2.05) is 52.0 Å². The molecule has 6 heteroatoms. The first-order valence-corrected chi connectivity index (χ1v) is 10.9. The topological polar surface area (TPSA) is 66.5 Å². The second kappa shape index (κ2) is 8.13. The van der Waals surface area contributed by atoms with E-state index in [2.05, 4.69) is 5.32 Å². The zero-order valence-corrected chi connectivity index (χ0v) is 17.6. The van der Waals surface area contributed by atoms with Crippen LogP contribution in [0.25, 0.3) is 0 Å². The van der Waals surface area contributed by atoms with Gasteiger partial charge in [0.15, 0.2) is 0 Å². The molecule has 2 aromatic rings. The van der Waals surface area contributed by atoms with Gasteiger partial charge in [0.25, 0.3) is 0 Å². The van der Waals surface area contributed by atoms with Crippen molar-refractivity contribution in [2.24, 2.45) is 0 Å². The Hall–Kier alpha value is -2.34. The second-order valence-electron chi connectivity index (χ2n) is 6.96. The molecule has 0 fully saturated rings. The molecule has 1 N–H and O–H groups in total. The average molecular weight is 389 g/mol. The van der Waals surface area contributed by atoms with Crippen molar-refractivity contribution >= 4 is 27.3 Å². The third-order valence-corrected chi connectivity index (χ3v) is 6.06. The molecular weight excluding hydrogens is 360 g/mol. The van der Waals surface area contributed by atoms with E-state index in [9.17, 15) is 13.2 Å². The first-order chi connectivity index (χ1) is 12.6. The monoisotopic (exact) mass is 388 g/mol. The summed E-state index contributed by atoms with van der Waals surface area (Å²) in [6.45, 7) is 9.44. The fourth-order valence-electron chi connectivity index (χ4n) is 3.10. The van der Waals surface area contributed by atoms with Gasteiger partial charge in [0.1, 0.15) is 6.04 Å². The van der Waals surface area contributed by atoms with Crippen LogP contribution in [0.4, 0.5) is 11.4 Å². The Balaban J connectivity index is 2.40. The highest BCUT2D eigenvalue weighted by Gasteiger charge is 2.29. The van der Waals surface area contributed by atoms with Crippen LogP contribution in [0.2, 0.25) is 0 Å². The number of carbonyl (C=O) groups is 1. The minimum atomic E-state index is -3.64. The van der Waals surface area contributed by atoms with Gasteiger partial charge < -0.3 is 5.32 Å². The van der Waals surface area contributed by atoms with Crippen LogP contribution in [0, 0.1) is 20.8 Å². The molecule has 0 saturated heterocycles. The van der Waals surface area contributed by atoms with Crippen LogP contribution in [0.1, 0.15) is 36.1 Å². The maximum atomic E-state index is 12.9. The Labute approximate surface area is 162 Å². The molecule has 1 atom stereocenters. The lowest BCUT2D eigenvalue weighted by Gasteiger charge is -2.29. The molecule has 2 rings (SSSR count). The molecule has 0 aliphatic carbocycles. The standard InChI is InChI=1S/C21H28N2O3S/c1-7-18-10-8-9-15(3)20(18)22-21(24)17(5)23(27(6,25)26)19-12-11-14(2)16(4)13-19/h8-13,17H,7H2,1-6H3,(H,22,24)/t17-/m1/s1. The summed E-state index contributed by atoms with van der Waals surface area (Å²) < 4.78 is 26.1. The summed E-state index contributed by atoms with van der Waals surface area (Å²) in [5.41, 5.74) is 5.26. The number of aryl methyl sites for hydroxylation is 4. The summed E-state index contributed by atoms with van der Waals surface area (Å²) in [5.74, 6) is -0.359. The molecule has 146 valence electrons. The largest absolute Gasteiger partial charge is 0.324 e. The number of amides is 1. The van der Waals surface area contributed by atoms with Crippen molar-refractivity contribution in [3.63, 3.8) is 0 Å². The molecule has 0 saturated carbocycles. The number of para-hydroxylation sites is 1. The molecule has 0 aliphatic rings. The Morgan fingerprint density at radius 3 is 2.30 bits per heavy atom. The van der Waals surface area contributed by atoms with Crippen LogP contribution >= 0.6 is 0 Å². The maximum absolute atomic E-state index is 12.9. The molecule has 27 heavy (non-hydrogen) atoms. The lowest BCUT2D eigenvalue weighted by Crippen LogP contribution is -2.45. The predicted octanol–water partition coefficient (Wildman–Crippen LogP) is 3.97. The van der Waals surface area contributed by atoms with Gasteiger partial charge in [-0.15, -0.1) is 0 Å². The number of sulfonamides is 1. The van der Waals surface area contributed by atoms with Crippen molar-refractivity contribution in [1.82, 2.24) is 0 Å². The number of carbonyl (C=O) groups excluding carboxylic acids is 1. The van der Waals surface area contributed by atoms with Crippen LogP contribution in [0.15, 0.2) is 36.4 Å². The molecule has 0 bridgehead atoms. The van der Waals surface area contributed by atoms with Gasteiger partial charge in [-0.2, -0.15) is 0 Å². The van der Waals surface area contributed by atoms with Gasteiger partial charge in [-0.3, -0.25) is 9.10 Å². The normalized spacial score (nSPS) is 12.5. The van der Waals surface area contributed by atoms with Gasteiger partial charge in [0.2, 0.25) is 15.9 Å². The van der Waals surface area contributed by atoms with Crippen molar-refractivity contribution in [3.8, 4) is 0 Å². The molecule has 0 unspecified atom stereocenters. The van der Waals surface area contributed by atoms with Crippen molar-refractivity contribution in [2.75, 3.05) is 15.9 Å². The zero-order valence-electron chi connectivity index (χ0n) is 16.8. The predicted molar refractivity (Wildman–Crippen MR) is 112 cm³/mol. The van der Waals surface area contributed by atoms with E-state index in [0.29, 0.717) is 5.69 Å². The summed E-state index contributed by atoms with van der Waals surface area (Å²) in [7, 11) is -3.64. The molecule has 0 heterocycles. The van der Waals surface area contributed by atoms with E-state index in [0.717, 1.165) is 40.6 Å². The van der Waals surface area contributed by atoms with Crippen molar-refractivity contribution in [2.45, 2.75) is 47.1 Å². The summed E-state index contributed by atoms with van der Waals surface area (Å²) >= 11 is 0. The van der Waals surface area contributed by atoms with Crippen LogP contribution in [-0.2, 0) is 21.2 Å². The van der Waals surface area contributed by atoms with Crippen LogP contribution in [0.5, 0.6) is 0 Å². The molecule has 0 spiro atoms. The second-order valence-corrected chi connectivity index (χ2v) is 8.81. The third kappa shape index (κ3) is 4.69. The number of rotatable bonds is 6. The third-order valence-electron chi connectivity index (χ3n) is 4.82. The zero-order chi connectivity index (χ0) is 20.4. The Kier molecular flexibility index (Phi) is 6.31. The van der Waals surface area contributed by atoms with Gasteiger partial charge in [-0.05, 0) is 68.5 Å². The van der Waals surface area contributed by atoms with Gasteiger partial charge >= 0.3 is 0 Å². The van der Waals surface area contributed by atoms with E-state index in [1.54, 1.807) is 19.1 Å². The van der Waals surface area contributed by atoms with Crippen molar-refractivity contribution < 1.29 is 13.2 Å². The SMILES string of the molecule is CCc1cccc(C)c1NC(=O)[C@@H](C)N(c1ccc(C)c(C)c1)S(C)(=O)=O. The molecule has 2 aromatic carbocycles. The van der Waals surface area contributed by atoms with E-state index in [4.69, 9.17) is 0 Å². The van der Waals surface area contributed by atoms with Crippen LogP contribution in [0.3, 0.4) is 0 Å². The number of benzene rings is 2. The summed E-state index contributed by atoms with van der Waals surface area (Å²) in [6.07, 6.45) is 1.90. The maximum Gasteiger partial charge on any atom is 0.248 e. The fraction of sp³-hybridized carbons (Fsp3) is 0.381. The smallest absolute Gasteiger partial charge is 0.248 e. The van der Waals surface area contributed by atoms with E-state index < -0.39 is 16.1 Å². The van der Waals surface area contributed by atoms with Gasteiger partial charge in [-0.25, -0.2) is 8.42 Å². The quantitative estimate of drug-likeness (QED) is 0.814. The Morgan fingerprint density at radius 2 is 1.74 bits per heavy atom. The average Bonchev–Trinajstić information content (AvgIpc) is 2.58. The Bertz CT molecular complexity index is 952. The highest BCUT2D eigenvalue weighted by atomic mass is 32.2. The van der Waals surface area contributed by atoms with Gasteiger partial charge in [0.05, 0.1) is 11.9 Å². The molecule has 5 nitrogen and oxygen atoms in total. The van der Waals surface area contributed by atoms with Crippen molar-refractivity contribution in [1.29, 1.82) is 0 Å². The number of anilines is 2. The highest BCUT2D eigenvalue weighted by Crippen LogP contribution is 2.26. The highest BCUT2D eigenvalue weighted by molar-refractivity contribution is 7.92. The minimum Gasteiger partial charge on any atom is -0.324 e. The number of hydrogen-bond acceptors (Lipinski definition) is 3. The van der Waals surface area contributed by atoms with Gasteiger partial charge in [-0.1, -0.05) is 31.2 Å². The summed E-state index contributed by atoms with van der Waals surface area (Å²) in [6, 6.07) is 10.4. The van der Waals surface area contributed by atoms with Crippen molar-refractivity contribution in [3.05, 3.63) is 58.7 Å². The molecule has 0 aliphatic heterocycles. The van der Waals surface area contributed by atoms with E-state index >= 15 is 0 Å². The Morgan fingerprint density at radius 1 is 1.07 bits per heavy atom. The lowest BCUT2D eigenvalue weighted by atomic mass is 10.1. The molecule has 1 amide bonds.